The summed E-state index contributed by atoms with van der Waals surface area (Å²) < 4.78 is 38.0. The molecule has 2 heterocycles. The Bertz CT molecular complexity index is 638. The molecule has 2 aromatic heterocycles. The van der Waals surface area contributed by atoms with Gasteiger partial charge in [-0.2, -0.15) is 18.3 Å². The van der Waals surface area contributed by atoms with E-state index in [0.717, 1.165) is 16.9 Å². The molecule has 2 aromatic rings. The molecule has 0 atom stereocenters. The van der Waals surface area contributed by atoms with Gasteiger partial charge in [-0.05, 0) is 13.0 Å². The van der Waals surface area contributed by atoms with Gasteiger partial charge in [-0.3, -0.25) is 19.4 Å². The molecular formula is C12H12F3N5O. The summed E-state index contributed by atoms with van der Waals surface area (Å²) in [5.41, 5.74) is 0.253. The summed E-state index contributed by atoms with van der Waals surface area (Å²) >= 11 is 0. The summed E-state index contributed by atoms with van der Waals surface area (Å²) in [7, 11) is 0. The zero-order valence-corrected chi connectivity index (χ0v) is 11.1. The number of carbonyl (C=O) groups is 1. The van der Waals surface area contributed by atoms with Gasteiger partial charge in [-0.1, -0.05) is 0 Å². The first-order valence-corrected chi connectivity index (χ1v) is 5.99. The highest BCUT2D eigenvalue weighted by molar-refractivity contribution is 5.75. The summed E-state index contributed by atoms with van der Waals surface area (Å²) in [6.07, 6.45) is -0.329. The Labute approximate surface area is 118 Å². The van der Waals surface area contributed by atoms with Crippen molar-refractivity contribution in [2.45, 2.75) is 26.2 Å². The molecule has 1 N–H and O–H groups in total. The normalized spacial score (nSPS) is 11.4. The Morgan fingerprint density at radius 3 is 2.76 bits per heavy atom. The number of aryl methyl sites for hydroxylation is 1. The summed E-state index contributed by atoms with van der Waals surface area (Å²) in [4.78, 5) is 19.7. The SMILES string of the molecule is Cc1cncc(CNC(=O)Cn2ccc(C(F)(F)F)n2)n1. The lowest BCUT2D eigenvalue weighted by Crippen LogP contribution is -2.28. The monoisotopic (exact) mass is 299 g/mol. The van der Waals surface area contributed by atoms with Crippen LogP contribution in [-0.2, 0) is 24.1 Å². The van der Waals surface area contributed by atoms with E-state index in [1.54, 1.807) is 13.1 Å². The van der Waals surface area contributed by atoms with Crippen LogP contribution in [0.4, 0.5) is 13.2 Å². The van der Waals surface area contributed by atoms with E-state index >= 15 is 0 Å². The average Bonchev–Trinajstić information content (AvgIpc) is 2.85. The Balaban J connectivity index is 1.89. The number of carbonyl (C=O) groups excluding carboxylic acids is 1. The number of hydrogen-bond donors (Lipinski definition) is 1. The van der Waals surface area contributed by atoms with Gasteiger partial charge in [0, 0.05) is 12.4 Å². The van der Waals surface area contributed by atoms with Crippen molar-refractivity contribution in [3.63, 3.8) is 0 Å². The number of amides is 1. The van der Waals surface area contributed by atoms with E-state index < -0.39 is 17.8 Å². The number of rotatable bonds is 4. The first-order valence-electron chi connectivity index (χ1n) is 5.99. The second kappa shape index (κ2) is 5.90. The molecule has 0 unspecified atom stereocenters. The lowest BCUT2D eigenvalue weighted by molar-refractivity contribution is -0.141. The van der Waals surface area contributed by atoms with Crippen LogP contribution in [0, 0.1) is 6.92 Å². The first kappa shape index (κ1) is 14.9. The molecule has 0 aliphatic heterocycles. The highest BCUT2D eigenvalue weighted by atomic mass is 19.4. The molecular weight excluding hydrogens is 287 g/mol. The molecule has 0 aromatic carbocycles. The van der Waals surface area contributed by atoms with E-state index in [9.17, 15) is 18.0 Å². The minimum atomic E-state index is -4.51. The Kier molecular flexibility index (Phi) is 4.20. The standard InChI is InChI=1S/C12H12F3N5O/c1-8-4-16-5-9(18-8)6-17-11(21)7-20-3-2-10(19-20)12(13,14)15/h2-5H,6-7H2,1H3,(H,17,21). The smallest absolute Gasteiger partial charge is 0.349 e. The van der Waals surface area contributed by atoms with Gasteiger partial charge in [0.05, 0.1) is 24.1 Å². The van der Waals surface area contributed by atoms with Crippen LogP contribution in [0.5, 0.6) is 0 Å². The second-order valence-corrected chi connectivity index (χ2v) is 4.32. The second-order valence-electron chi connectivity index (χ2n) is 4.32. The van der Waals surface area contributed by atoms with Gasteiger partial charge < -0.3 is 5.32 Å². The fraction of sp³-hybridized carbons (Fsp3) is 0.333. The quantitative estimate of drug-likeness (QED) is 0.924. The van der Waals surface area contributed by atoms with Gasteiger partial charge in [0.2, 0.25) is 5.91 Å². The molecule has 0 radical (unpaired) electrons. The lowest BCUT2D eigenvalue weighted by atomic mass is 10.4. The highest BCUT2D eigenvalue weighted by Gasteiger charge is 2.33. The molecule has 1 amide bonds. The summed E-state index contributed by atoms with van der Waals surface area (Å²) in [6, 6.07) is 0.819. The van der Waals surface area contributed by atoms with Crippen LogP contribution in [-0.4, -0.2) is 25.7 Å². The number of nitrogens with zero attached hydrogens (tertiary/aromatic N) is 4. The van der Waals surface area contributed by atoms with Crippen LogP contribution in [0.2, 0.25) is 0 Å². The van der Waals surface area contributed by atoms with Gasteiger partial charge in [0.15, 0.2) is 5.69 Å². The van der Waals surface area contributed by atoms with Crippen LogP contribution >= 0.6 is 0 Å². The zero-order chi connectivity index (χ0) is 15.5. The molecule has 0 fully saturated rings. The predicted octanol–water partition coefficient (Wildman–Crippen LogP) is 1.32. The molecule has 0 spiro atoms. The van der Waals surface area contributed by atoms with Crippen molar-refractivity contribution in [3.05, 3.63) is 41.7 Å². The largest absolute Gasteiger partial charge is 0.435 e. The minimum absolute atomic E-state index is 0.154. The minimum Gasteiger partial charge on any atom is -0.349 e. The Hall–Kier alpha value is -2.45. The molecule has 21 heavy (non-hydrogen) atoms. The average molecular weight is 299 g/mol. The van der Waals surface area contributed by atoms with Gasteiger partial charge in [-0.25, -0.2) is 0 Å². The molecule has 9 heteroatoms. The maximum Gasteiger partial charge on any atom is 0.435 e. The molecule has 6 nitrogen and oxygen atoms in total. The Morgan fingerprint density at radius 1 is 1.38 bits per heavy atom. The van der Waals surface area contributed by atoms with Gasteiger partial charge >= 0.3 is 6.18 Å². The maximum absolute atomic E-state index is 12.4. The van der Waals surface area contributed by atoms with Crippen molar-refractivity contribution in [1.29, 1.82) is 0 Å². The predicted molar refractivity (Wildman–Crippen MR) is 65.8 cm³/mol. The van der Waals surface area contributed by atoms with Crippen LogP contribution < -0.4 is 5.32 Å². The van der Waals surface area contributed by atoms with Crippen molar-refractivity contribution < 1.29 is 18.0 Å². The van der Waals surface area contributed by atoms with Crippen LogP contribution in [0.1, 0.15) is 17.1 Å². The fourth-order valence-corrected chi connectivity index (χ4v) is 1.59. The number of alkyl halides is 3. The van der Waals surface area contributed by atoms with E-state index in [4.69, 9.17) is 0 Å². The van der Waals surface area contributed by atoms with E-state index in [1.807, 2.05) is 0 Å². The molecule has 112 valence electrons. The highest BCUT2D eigenvalue weighted by Crippen LogP contribution is 2.27. The molecule has 2 rings (SSSR count). The number of nitrogens with one attached hydrogen (secondary N) is 1. The first-order chi connectivity index (χ1) is 9.84. The van der Waals surface area contributed by atoms with Crippen molar-refractivity contribution in [2.75, 3.05) is 0 Å². The summed E-state index contributed by atoms with van der Waals surface area (Å²) in [5.74, 6) is -0.463. The van der Waals surface area contributed by atoms with E-state index in [0.29, 0.717) is 11.4 Å². The molecule has 0 saturated carbocycles. The van der Waals surface area contributed by atoms with Crippen LogP contribution in [0.15, 0.2) is 24.7 Å². The van der Waals surface area contributed by atoms with Crippen molar-refractivity contribution in [2.24, 2.45) is 0 Å². The summed E-state index contributed by atoms with van der Waals surface area (Å²) in [5, 5.41) is 5.83. The maximum atomic E-state index is 12.4. The van der Waals surface area contributed by atoms with Gasteiger partial charge in [0.25, 0.3) is 0 Å². The number of halogens is 3. The zero-order valence-electron chi connectivity index (χ0n) is 11.1. The summed E-state index contributed by atoms with van der Waals surface area (Å²) in [6.45, 7) is 1.62. The number of hydrogen-bond acceptors (Lipinski definition) is 4. The van der Waals surface area contributed by atoms with Gasteiger partial charge in [0.1, 0.15) is 6.54 Å². The van der Waals surface area contributed by atoms with Crippen LogP contribution in [0.25, 0.3) is 0 Å². The van der Waals surface area contributed by atoms with E-state index in [-0.39, 0.29) is 13.1 Å². The van der Waals surface area contributed by atoms with Gasteiger partial charge in [-0.15, -0.1) is 0 Å². The lowest BCUT2D eigenvalue weighted by Gasteiger charge is -2.05. The third kappa shape index (κ3) is 4.26. The van der Waals surface area contributed by atoms with Crippen LogP contribution in [0.3, 0.4) is 0 Å². The fourth-order valence-electron chi connectivity index (χ4n) is 1.59. The third-order valence-corrected chi connectivity index (χ3v) is 2.51. The molecule has 0 bridgehead atoms. The van der Waals surface area contributed by atoms with Crippen molar-refractivity contribution >= 4 is 5.91 Å². The van der Waals surface area contributed by atoms with Crippen molar-refractivity contribution in [1.82, 2.24) is 25.1 Å². The topological polar surface area (TPSA) is 72.7 Å². The Morgan fingerprint density at radius 2 is 2.14 bits per heavy atom. The van der Waals surface area contributed by atoms with E-state index in [2.05, 4.69) is 20.4 Å². The molecule has 0 aliphatic rings. The van der Waals surface area contributed by atoms with Crippen molar-refractivity contribution in [3.8, 4) is 0 Å². The number of aromatic nitrogens is 4. The van der Waals surface area contributed by atoms with E-state index in [1.165, 1.54) is 6.20 Å². The molecule has 0 aliphatic carbocycles. The third-order valence-electron chi connectivity index (χ3n) is 2.51. The molecule has 0 saturated heterocycles.